The highest BCUT2D eigenvalue weighted by Gasteiger charge is 2.05. The van der Waals surface area contributed by atoms with Crippen LogP contribution in [0.1, 0.15) is 43.1 Å². The van der Waals surface area contributed by atoms with Crippen LogP contribution < -0.4 is 5.32 Å². The van der Waals surface area contributed by atoms with E-state index >= 15 is 0 Å². The predicted molar refractivity (Wildman–Crippen MR) is 84.1 cm³/mol. The minimum Gasteiger partial charge on any atom is -0.331 e. The summed E-state index contributed by atoms with van der Waals surface area (Å²) in [5, 5.41) is 3.48. The zero-order valence-corrected chi connectivity index (χ0v) is 12.8. The third-order valence-electron chi connectivity index (χ3n) is 3.70. The van der Waals surface area contributed by atoms with Crippen LogP contribution in [0, 0.1) is 6.92 Å². The van der Waals surface area contributed by atoms with Crippen molar-refractivity contribution in [1.29, 1.82) is 0 Å². The lowest BCUT2D eigenvalue weighted by molar-refractivity contribution is 0.609. The average molecular weight is 271 g/mol. The second-order valence-corrected chi connectivity index (χ2v) is 5.45. The first-order chi connectivity index (χ1) is 9.70. The lowest BCUT2D eigenvalue weighted by Gasteiger charge is -2.13. The van der Waals surface area contributed by atoms with Crippen molar-refractivity contribution in [3.05, 3.63) is 53.6 Å². The van der Waals surface area contributed by atoms with E-state index in [1.54, 1.807) is 0 Å². The quantitative estimate of drug-likeness (QED) is 0.783. The molecule has 0 spiro atoms. The van der Waals surface area contributed by atoms with E-state index in [0.717, 1.165) is 25.5 Å². The number of nitrogens with zero attached hydrogens (tertiary/aromatic N) is 2. The molecule has 2 aromatic rings. The molecule has 1 aromatic heterocycles. The van der Waals surface area contributed by atoms with Gasteiger partial charge in [0.1, 0.15) is 5.82 Å². The first-order valence-corrected chi connectivity index (χ1v) is 7.48. The van der Waals surface area contributed by atoms with Gasteiger partial charge in [-0.3, -0.25) is 0 Å². The van der Waals surface area contributed by atoms with Gasteiger partial charge in [-0.1, -0.05) is 38.1 Å². The molecule has 1 heterocycles. The molecule has 0 radical (unpaired) electrons. The molecule has 0 fully saturated rings. The molecule has 0 saturated heterocycles. The van der Waals surface area contributed by atoms with Crippen molar-refractivity contribution in [1.82, 2.24) is 14.9 Å². The molecule has 2 rings (SSSR count). The van der Waals surface area contributed by atoms with Crippen LogP contribution in [0.5, 0.6) is 0 Å². The first-order valence-electron chi connectivity index (χ1n) is 7.48. The smallest absolute Gasteiger partial charge is 0.105 e. The van der Waals surface area contributed by atoms with Gasteiger partial charge in [-0.25, -0.2) is 4.98 Å². The Bertz CT molecular complexity index is 513. The van der Waals surface area contributed by atoms with Crippen LogP contribution in [0.25, 0.3) is 0 Å². The number of nitrogens with one attached hydrogen (secondary N) is 1. The lowest BCUT2D eigenvalue weighted by atomic mass is 9.99. The van der Waals surface area contributed by atoms with Crippen molar-refractivity contribution < 1.29 is 0 Å². The van der Waals surface area contributed by atoms with Crippen LogP contribution in [0.4, 0.5) is 0 Å². The van der Waals surface area contributed by atoms with Crippen molar-refractivity contribution in [2.75, 3.05) is 13.1 Å². The fourth-order valence-corrected chi connectivity index (χ4v) is 2.33. The number of rotatable bonds is 7. The van der Waals surface area contributed by atoms with Gasteiger partial charge in [0.15, 0.2) is 0 Å². The number of aromatic nitrogens is 2. The summed E-state index contributed by atoms with van der Waals surface area (Å²) in [5.41, 5.74) is 2.73. The molecule has 0 aliphatic heterocycles. The Kier molecular flexibility index (Phi) is 5.36. The van der Waals surface area contributed by atoms with Crippen molar-refractivity contribution in [2.45, 2.75) is 39.7 Å². The van der Waals surface area contributed by atoms with Gasteiger partial charge in [0.2, 0.25) is 0 Å². The maximum Gasteiger partial charge on any atom is 0.105 e. The molecule has 1 unspecified atom stereocenters. The Morgan fingerprint density at radius 1 is 1.25 bits per heavy atom. The second kappa shape index (κ2) is 7.25. The molecule has 0 aliphatic carbocycles. The highest BCUT2D eigenvalue weighted by molar-refractivity contribution is 5.25. The number of aryl methyl sites for hydroxylation is 1. The van der Waals surface area contributed by atoms with Gasteiger partial charge in [-0.2, -0.15) is 0 Å². The number of benzene rings is 1. The van der Waals surface area contributed by atoms with Crippen LogP contribution in [0.3, 0.4) is 0 Å². The Hall–Kier alpha value is -1.61. The van der Waals surface area contributed by atoms with Crippen LogP contribution in [0.15, 0.2) is 36.7 Å². The molecule has 3 heteroatoms. The molecule has 0 aliphatic rings. The minimum absolute atomic E-state index is 0.561. The standard InChI is InChI=1S/C17H25N3/c1-4-9-18-12-14(2)17-7-5-16(6-8-17)13-20-11-10-19-15(20)3/h5-8,10-11,14,18H,4,9,12-13H2,1-3H3. The van der Waals surface area contributed by atoms with Gasteiger partial charge >= 0.3 is 0 Å². The van der Waals surface area contributed by atoms with Crippen LogP contribution in [-0.2, 0) is 6.54 Å². The SMILES string of the molecule is CCCNCC(C)c1ccc(Cn2ccnc2C)cc1. The molecule has 0 bridgehead atoms. The van der Waals surface area contributed by atoms with Crippen LogP contribution in [0.2, 0.25) is 0 Å². The fourth-order valence-electron chi connectivity index (χ4n) is 2.33. The van der Waals surface area contributed by atoms with Gasteiger partial charge in [0.05, 0.1) is 0 Å². The summed E-state index contributed by atoms with van der Waals surface area (Å²) in [6.07, 6.45) is 5.07. The molecule has 1 atom stereocenters. The van der Waals surface area contributed by atoms with Gasteiger partial charge in [-0.05, 0) is 36.9 Å². The van der Waals surface area contributed by atoms with E-state index in [4.69, 9.17) is 0 Å². The largest absolute Gasteiger partial charge is 0.331 e. The second-order valence-electron chi connectivity index (χ2n) is 5.45. The Morgan fingerprint density at radius 3 is 2.60 bits per heavy atom. The topological polar surface area (TPSA) is 29.9 Å². The summed E-state index contributed by atoms with van der Waals surface area (Å²) < 4.78 is 2.17. The Morgan fingerprint density at radius 2 is 2.00 bits per heavy atom. The Balaban J connectivity index is 1.94. The maximum atomic E-state index is 4.26. The highest BCUT2D eigenvalue weighted by atomic mass is 15.0. The lowest BCUT2D eigenvalue weighted by Crippen LogP contribution is -2.20. The van der Waals surface area contributed by atoms with Gasteiger partial charge < -0.3 is 9.88 Å². The van der Waals surface area contributed by atoms with Gasteiger partial charge in [0, 0.05) is 25.5 Å². The van der Waals surface area contributed by atoms with Crippen molar-refractivity contribution >= 4 is 0 Å². The van der Waals surface area contributed by atoms with Crippen LogP contribution >= 0.6 is 0 Å². The normalized spacial score (nSPS) is 12.6. The molecular formula is C17H25N3. The number of hydrogen-bond acceptors (Lipinski definition) is 2. The monoisotopic (exact) mass is 271 g/mol. The van der Waals surface area contributed by atoms with E-state index in [0.29, 0.717) is 5.92 Å². The van der Waals surface area contributed by atoms with E-state index in [1.165, 1.54) is 17.5 Å². The Labute approximate surface area is 122 Å². The summed E-state index contributed by atoms with van der Waals surface area (Å²) in [7, 11) is 0. The molecule has 1 N–H and O–H groups in total. The fraction of sp³-hybridized carbons (Fsp3) is 0.471. The molecule has 108 valence electrons. The summed E-state index contributed by atoms with van der Waals surface area (Å²) in [6.45, 7) is 9.56. The summed E-state index contributed by atoms with van der Waals surface area (Å²) in [6, 6.07) is 8.95. The molecule has 1 aromatic carbocycles. The third-order valence-corrected chi connectivity index (χ3v) is 3.70. The highest BCUT2D eigenvalue weighted by Crippen LogP contribution is 2.16. The summed E-state index contributed by atoms with van der Waals surface area (Å²) >= 11 is 0. The van der Waals surface area contributed by atoms with Crippen LogP contribution in [-0.4, -0.2) is 22.6 Å². The third kappa shape index (κ3) is 3.94. The molecule has 20 heavy (non-hydrogen) atoms. The minimum atomic E-state index is 0.561. The molecular weight excluding hydrogens is 246 g/mol. The zero-order valence-electron chi connectivity index (χ0n) is 12.8. The predicted octanol–water partition coefficient (Wildman–Crippen LogP) is 3.34. The number of imidazole rings is 1. The molecule has 0 amide bonds. The first kappa shape index (κ1) is 14.8. The average Bonchev–Trinajstić information content (AvgIpc) is 2.85. The van der Waals surface area contributed by atoms with Gasteiger partial charge in [-0.15, -0.1) is 0 Å². The van der Waals surface area contributed by atoms with E-state index in [9.17, 15) is 0 Å². The molecule has 0 saturated carbocycles. The van der Waals surface area contributed by atoms with E-state index in [2.05, 4.69) is 53.0 Å². The van der Waals surface area contributed by atoms with Crippen molar-refractivity contribution in [3.63, 3.8) is 0 Å². The van der Waals surface area contributed by atoms with Crippen molar-refractivity contribution in [2.24, 2.45) is 0 Å². The summed E-state index contributed by atoms with van der Waals surface area (Å²) in [4.78, 5) is 4.26. The van der Waals surface area contributed by atoms with E-state index < -0.39 is 0 Å². The zero-order chi connectivity index (χ0) is 14.4. The van der Waals surface area contributed by atoms with E-state index in [1.807, 2.05) is 19.3 Å². The summed E-state index contributed by atoms with van der Waals surface area (Å²) in [5.74, 6) is 1.62. The maximum absolute atomic E-state index is 4.26. The van der Waals surface area contributed by atoms with E-state index in [-0.39, 0.29) is 0 Å². The molecule has 3 nitrogen and oxygen atoms in total. The van der Waals surface area contributed by atoms with Gasteiger partial charge in [0.25, 0.3) is 0 Å². The van der Waals surface area contributed by atoms with Crippen molar-refractivity contribution in [3.8, 4) is 0 Å². The number of hydrogen-bond donors (Lipinski definition) is 1.